The Labute approximate surface area is 139 Å². The predicted octanol–water partition coefficient (Wildman–Crippen LogP) is 0.675. The van der Waals surface area contributed by atoms with Gasteiger partial charge in [0, 0.05) is 31.0 Å². The summed E-state index contributed by atoms with van der Waals surface area (Å²) in [4.78, 5) is 31.3. The average Bonchev–Trinajstić information content (AvgIpc) is 3.21. The van der Waals surface area contributed by atoms with E-state index in [1.165, 1.54) is 12.6 Å². The molecule has 2 fully saturated rings. The van der Waals surface area contributed by atoms with Crippen molar-refractivity contribution in [2.45, 2.75) is 19.4 Å². The Morgan fingerprint density at radius 3 is 2.62 bits per heavy atom. The lowest BCUT2D eigenvalue weighted by Crippen LogP contribution is -2.32. The van der Waals surface area contributed by atoms with Crippen molar-refractivity contribution < 1.29 is 4.79 Å². The summed E-state index contributed by atoms with van der Waals surface area (Å²) in [7, 11) is 0. The number of nitrogens with two attached hydrogens (primary N) is 1. The van der Waals surface area contributed by atoms with Crippen molar-refractivity contribution >= 4 is 17.7 Å². The molecule has 1 aliphatic heterocycles. The molecule has 8 nitrogen and oxygen atoms in total. The van der Waals surface area contributed by atoms with Gasteiger partial charge < -0.3 is 16.0 Å². The fraction of sp³-hybridized carbons (Fsp3) is 0.438. The Balaban J connectivity index is 1.50. The number of nitrogens with zero attached hydrogens (tertiary/aromatic N) is 5. The summed E-state index contributed by atoms with van der Waals surface area (Å²) in [5.74, 6) is 2.49. The summed E-state index contributed by atoms with van der Waals surface area (Å²) in [5, 5.41) is 2.63. The standard InChI is InChI=1S/C16H19N7O/c1-9(17)15(24)22-14-6-18-5-13(21-14)12-3-19-16(20-4-12)23-7-10-2-11(10)8-23/h3-6,9-11H,2,7-8,17H2,1H3,(H,21,22,24). The topological polar surface area (TPSA) is 110 Å². The zero-order valence-corrected chi connectivity index (χ0v) is 13.4. The molecule has 4 rings (SSSR count). The van der Waals surface area contributed by atoms with Crippen molar-refractivity contribution in [1.82, 2.24) is 19.9 Å². The van der Waals surface area contributed by atoms with Gasteiger partial charge in [-0.1, -0.05) is 0 Å². The maximum Gasteiger partial charge on any atom is 0.242 e. The first-order valence-electron chi connectivity index (χ1n) is 8.06. The average molecular weight is 325 g/mol. The largest absolute Gasteiger partial charge is 0.340 e. The second kappa shape index (κ2) is 5.79. The van der Waals surface area contributed by atoms with Gasteiger partial charge in [0.1, 0.15) is 0 Å². The molecule has 0 aromatic carbocycles. The molecule has 1 aliphatic carbocycles. The van der Waals surface area contributed by atoms with Gasteiger partial charge in [-0.15, -0.1) is 0 Å². The van der Waals surface area contributed by atoms with Gasteiger partial charge in [-0.3, -0.25) is 9.78 Å². The van der Waals surface area contributed by atoms with Crippen LogP contribution in [0.5, 0.6) is 0 Å². The van der Waals surface area contributed by atoms with Crippen molar-refractivity contribution in [3.63, 3.8) is 0 Å². The van der Waals surface area contributed by atoms with Crippen molar-refractivity contribution in [3.05, 3.63) is 24.8 Å². The molecule has 1 saturated heterocycles. The Bertz CT molecular complexity index is 751. The third-order valence-corrected chi connectivity index (χ3v) is 4.50. The van der Waals surface area contributed by atoms with E-state index in [1.54, 1.807) is 25.5 Å². The van der Waals surface area contributed by atoms with Crippen LogP contribution in [0.4, 0.5) is 11.8 Å². The number of hydrogen-bond acceptors (Lipinski definition) is 7. The van der Waals surface area contributed by atoms with Crippen LogP contribution in [0.2, 0.25) is 0 Å². The van der Waals surface area contributed by atoms with E-state index < -0.39 is 6.04 Å². The fourth-order valence-corrected chi connectivity index (χ4v) is 2.98. The van der Waals surface area contributed by atoms with Gasteiger partial charge in [-0.05, 0) is 25.2 Å². The van der Waals surface area contributed by atoms with Gasteiger partial charge in [-0.25, -0.2) is 15.0 Å². The van der Waals surface area contributed by atoms with E-state index in [0.717, 1.165) is 36.4 Å². The van der Waals surface area contributed by atoms with Crippen LogP contribution in [0, 0.1) is 11.8 Å². The first kappa shape index (κ1) is 14.9. The van der Waals surface area contributed by atoms with Gasteiger partial charge in [-0.2, -0.15) is 0 Å². The second-order valence-electron chi connectivity index (χ2n) is 6.50. The number of anilines is 2. The molecule has 3 N–H and O–H groups in total. The molecule has 8 heteroatoms. The Hall–Kier alpha value is -2.61. The zero-order chi connectivity index (χ0) is 16.7. The van der Waals surface area contributed by atoms with E-state index in [9.17, 15) is 4.79 Å². The predicted molar refractivity (Wildman–Crippen MR) is 89.1 cm³/mol. The van der Waals surface area contributed by atoms with Gasteiger partial charge in [0.2, 0.25) is 11.9 Å². The molecule has 1 saturated carbocycles. The van der Waals surface area contributed by atoms with Crippen LogP contribution < -0.4 is 16.0 Å². The van der Waals surface area contributed by atoms with Crippen molar-refractivity contribution in [2.24, 2.45) is 17.6 Å². The number of piperidine rings is 1. The summed E-state index contributed by atoms with van der Waals surface area (Å²) in [6, 6.07) is -0.607. The molecule has 24 heavy (non-hydrogen) atoms. The number of carbonyl (C=O) groups is 1. The Morgan fingerprint density at radius 2 is 1.96 bits per heavy atom. The third-order valence-electron chi connectivity index (χ3n) is 4.50. The van der Waals surface area contributed by atoms with E-state index >= 15 is 0 Å². The highest BCUT2D eigenvalue weighted by Crippen LogP contribution is 2.45. The van der Waals surface area contributed by atoms with Gasteiger partial charge in [0.15, 0.2) is 5.82 Å². The van der Waals surface area contributed by atoms with Crippen LogP contribution in [0.3, 0.4) is 0 Å². The van der Waals surface area contributed by atoms with Crippen LogP contribution in [0.15, 0.2) is 24.8 Å². The molecule has 3 unspecified atom stereocenters. The smallest absolute Gasteiger partial charge is 0.242 e. The minimum Gasteiger partial charge on any atom is -0.340 e. The van der Waals surface area contributed by atoms with E-state index in [0.29, 0.717) is 11.5 Å². The number of rotatable bonds is 4. The second-order valence-corrected chi connectivity index (χ2v) is 6.50. The van der Waals surface area contributed by atoms with E-state index in [2.05, 4.69) is 30.2 Å². The first-order valence-corrected chi connectivity index (χ1v) is 8.06. The van der Waals surface area contributed by atoms with Crippen molar-refractivity contribution in [1.29, 1.82) is 0 Å². The van der Waals surface area contributed by atoms with E-state index in [-0.39, 0.29) is 5.91 Å². The number of carbonyl (C=O) groups excluding carboxylic acids is 1. The molecule has 1 amide bonds. The van der Waals surface area contributed by atoms with Crippen LogP contribution in [-0.4, -0.2) is 45.0 Å². The van der Waals surface area contributed by atoms with Gasteiger partial charge in [0.25, 0.3) is 0 Å². The lowest BCUT2D eigenvalue weighted by Gasteiger charge is -2.17. The zero-order valence-electron chi connectivity index (χ0n) is 13.4. The number of amides is 1. The summed E-state index contributed by atoms with van der Waals surface area (Å²) in [6.45, 7) is 3.73. The highest BCUT2D eigenvalue weighted by molar-refractivity contribution is 5.93. The van der Waals surface area contributed by atoms with Crippen molar-refractivity contribution in [3.8, 4) is 11.3 Å². The molecular weight excluding hydrogens is 306 g/mol. The maximum absolute atomic E-state index is 11.6. The molecule has 2 aromatic rings. The summed E-state index contributed by atoms with van der Waals surface area (Å²) >= 11 is 0. The molecule has 2 aliphatic rings. The van der Waals surface area contributed by atoms with E-state index in [1.807, 2.05) is 0 Å². The lowest BCUT2D eigenvalue weighted by molar-refractivity contribution is -0.117. The summed E-state index contributed by atoms with van der Waals surface area (Å²) in [6.07, 6.45) is 7.94. The Morgan fingerprint density at radius 1 is 1.25 bits per heavy atom. The quantitative estimate of drug-likeness (QED) is 0.850. The lowest BCUT2D eigenvalue weighted by atomic mass is 10.2. The van der Waals surface area contributed by atoms with E-state index in [4.69, 9.17) is 5.73 Å². The number of fused-ring (bicyclic) bond motifs is 1. The van der Waals surface area contributed by atoms with Crippen LogP contribution in [-0.2, 0) is 4.79 Å². The first-order chi connectivity index (χ1) is 11.6. The molecule has 124 valence electrons. The molecule has 3 atom stereocenters. The number of aromatic nitrogens is 4. The van der Waals surface area contributed by atoms with Gasteiger partial charge >= 0.3 is 0 Å². The molecule has 3 heterocycles. The molecule has 0 bridgehead atoms. The minimum atomic E-state index is -0.607. The van der Waals surface area contributed by atoms with Gasteiger partial charge in [0.05, 0.1) is 24.1 Å². The summed E-state index contributed by atoms with van der Waals surface area (Å²) in [5.41, 5.74) is 6.90. The molecule has 0 spiro atoms. The summed E-state index contributed by atoms with van der Waals surface area (Å²) < 4.78 is 0. The normalized spacial score (nSPS) is 22.8. The van der Waals surface area contributed by atoms with Crippen molar-refractivity contribution in [2.75, 3.05) is 23.3 Å². The van der Waals surface area contributed by atoms with Crippen LogP contribution in [0.25, 0.3) is 11.3 Å². The molecular formula is C16H19N7O. The molecule has 0 radical (unpaired) electrons. The van der Waals surface area contributed by atoms with Crippen LogP contribution >= 0.6 is 0 Å². The molecule has 2 aromatic heterocycles. The third kappa shape index (κ3) is 2.92. The SMILES string of the molecule is CC(N)C(=O)Nc1cncc(-c2cnc(N3CC4CC4C3)nc2)n1. The Kier molecular flexibility index (Phi) is 3.61. The fourth-order valence-electron chi connectivity index (χ4n) is 2.98. The highest BCUT2D eigenvalue weighted by atomic mass is 16.2. The number of nitrogens with one attached hydrogen (secondary N) is 1. The van der Waals surface area contributed by atoms with Crippen LogP contribution in [0.1, 0.15) is 13.3 Å². The minimum absolute atomic E-state index is 0.305. The monoisotopic (exact) mass is 325 g/mol. The number of hydrogen-bond donors (Lipinski definition) is 2. The maximum atomic E-state index is 11.6. The highest BCUT2D eigenvalue weighted by Gasteiger charge is 2.45.